The zero-order valence-corrected chi connectivity index (χ0v) is 19.1. The third-order valence-corrected chi connectivity index (χ3v) is 5.61. The Hall–Kier alpha value is -4.48. The summed E-state index contributed by atoms with van der Waals surface area (Å²) in [4.78, 5) is 28.4. The van der Waals surface area contributed by atoms with Gasteiger partial charge in [-0.25, -0.2) is 4.98 Å². The smallest absolute Gasteiger partial charge is 0.257 e. The van der Waals surface area contributed by atoms with Crippen LogP contribution in [0.1, 0.15) is 28.4 Å². The molecule has 0 bridgehead atoms. The van der Waals surface area contributed by atoms with Gasteiger partial charge in [0.15, 0.2) is 5.13 Å². The van der Waals surface area contributed by atoms with Crippen molar-refractivity contribution in [1.82, 2.24) is 4.98 Å². The molecule has 0 aliphatic rings. The minimum Gasteiger partial charge on any atom is -0.489 e. The average Bonchev–Trinajstić information content (AvgIpc) is 3.31. The first kappa shape index (κ1) is 22.7. The topological polar surface area (TPSA) is 104 Å². The van der Waals surface area contributed by atoms with Gasteiger partial charge in [0.1, 0.15) is 12.4 Å². The van der Waals surface area contributed by atoms with Crippen LogP contribution < -0.4 is 15.4 Å². The lowest BCUT2D eigenvalue weighted by atomic mass is 10.1. The highest BCUT2D eigenvalue weighted by Gasteiger charge is 2.12. The fraction of sp³-hybridized carbons (Fsp3) is 0.0769. The number of amides is 2. The first-order chi connectivity index (χ1) is 16.5. The molecule has 0 saturated heterocycles. The Morgan fingerprint density at radius 1 is 1.03 bits per heavy atom. The number of hydrogen-bond acceptors (Lipinski definition) is 6. The number of hydrogen-bond donors (Lipinski definition) is 2. The number of thiazole rings is 1. The monoisotopic (exact) mass is 468 g/mol. The van der Waals surface area contributed by atoms with Crippen molar-refractivity contribution in [3.63, 3.8) is 0 Å². The minimum atomic E-state index is -0.301. The van der Waals surface area contributed by atoms with Crippen molar-refractivity contribution in [2.24, 2.45) is 0 Å². The summed E-state index contributed by atoms with van der Waals surface area (Å²) in [5, 5.41) is 17.1. The minimum absolute atomic E-state index is 0.132. The fourth-order valence-electron chi connectivity index (χ4n) is 3.20. The predicted molar refractivity (Wildman–Crippen MR) is 132 cm³/mol. The molecule has 1 aromatic heterocycles. The third kappa shape index (κ3) is 5.65. The van der Waals surface area contributed by atoms with Gasteiger partial charge in [-0.05, 0) is 36.4 Å². The summed E-state index contributed by atoms with van der Waals surface area (Å²) in [5.41, 5.74) is 4.07. The molecular weight excluding hydrogens is 448 g/mol. The van der Waals surface area contributed by atoms with E-state index >= 15 is 0 Å². The Bertz CT molecular complexity index is 1370. The van der Waals surface area contributed by atoms with E-state index < -0.39 is 0 Å². The molecular formula is C26H20N4O3S. The second-order valence-corrected chi connectivity index (χ2v) is 8.19. The summed E-state index contributed by atoms with van der Waals surface area (Å²) in [6.07, 6.45) is 0. The number of nitriles is 1. The van der Waals surface area contributed by atoms with E-state index in [1.807, 2.05) is 29.6 Å². The molecule has 0 spiro atoms. The molecule has 0 aliphatic heterocycles. The fourth-order valence-corrected chi connectivity index (χ4v) is 3.92. The zero-order chi connectivity index (χ0) is 23.9. The quantitative estimate of drug-likeness (QED) is 0.374. The second kappa shape index (κ2) is 10.4. The van der Waals surface area contributed by atoms with Crippen molar-refractivity contribution in [3.8, 4) is 23.1 Å². The van der Waals surface area contributed by atoms with Gasteiger partial charge in [-0.1, -0.05) is 36.4 Å². The Labute approximate surface area is 200 Å². The van der Waals surface area contributed by atoms with Gasteiger partial charge in [0.25, 0.3) is 5.91 Å². The van der Waals surface area contributed by atoms with Crippen LogP contribution in [0, 0.1) is 11.3 Å². The molecule has 0 radical (unpaired) electrons. The van der Waals surface area contributed by atoms with Gasteiger partial charge in [-0.2, -0.15) is 5.26 Å². The number of nitrogens with zero attached hydrogens (tertiary/aromatic N) is 2. The van der Waals surface area contributed by atoms with Crippen molar-refractivity contribution in [3.05, 3.63) is 94.9 Å². The van der Waals surface area contributed by atoms with Gasteiger partial charge >= 0.3 is 0 Å². The highest BCUT2D eigenvalue weighted by Crippen LogP contribution is 2.27. The van der Waals surface area contributed by atoms with E-state index in [0.29, 0.717) is 27.7 Å². The lowest BCUT2D eigenvalue weighted by Gasteiger charge is -2.09. The second-order valence-electron chi connectivity index (χ2n) is 7.34. The van der Waals surface area contributed by atoms with E-state index in [1.54, 1.807) is 48.5 Å². The van der Waals surface area contributed by atoms with E-state index in [1.165, 1.54) is 18.3 Å². The Kier molecular flexibility index (Phi) is 6.96. The molecule has 0 saturated carbocycles. The van der Waals surface area contributed by atoms with Crippen LogP contribution in [0.3, 0.4) is 0 Å². The van der Waals surface area contributed by atoms with Crippen LogP contribution in [0.2, 0.25) is 0 Å². The molecule has 0 unspecified atom stereocenters. The zero-order valence-electron chi connectivity index (χ0n) is 18.2. The first-order valence-electron chi connectivity index (χ1n) is 10.4. The Balaban J connectivity index is 1.40. The number of ether oxygens (including phenoxy) is 1. The molecule has 2 amide bonds. The van der Waals surface area contributed by atoms with Crippen LogP contribution in [-0.2, 0) is 11.4 Å². The summed E-state index contributed by atoms with van der Waals surface area (Å²) in [7, 11) is 0. The van der Waals surface area contributed by atoms with Crippen LogP contribution in [0.5, 0.6) is 5.75 Å². The molecule has 4 rings (SSSR count). The standard InChI is InChI=1S/C26H20N4O3S/c1-17(31)28-22-11-9-18(10-12-22)24-16-34-26(29-24)30-25(32)19-7-4-8-23(13-19)33-15-21-6-3-2-5-20(21)14-27/h2-13,16H,15H2,1H3,(H,28,31)(H,29,30,32). The third-order valence-electron chi connectivity index (χ3n) is 4.85. The summed E-state index contributed by atoms with van der Waals surface area (Å²) < 4.78 is 5.80. The predicted octanol–water partition coefficient (Wildman–Crippen LogP) is 5.47. The molecule has 1 heterocycles. The van der Waals surface area contributed by atoms with Crippen LogP contribution in [0.25, 0.3) is 11.3 Å². The summed E-state index contributed by atoms with van der Waals surface area (Å²) in [6.45, 7) is 1.68. The normalized spacial score (nSPS) is 10.2. The number of rotatable bonds is 7. The lowest BCUT2D eigenvalue weighted by molar-refractivity contribution is -0.114. The highest BCUT2D eigenvalue weighted by molar-refractivity contribution is 7.14. The molecule has 7 nitrogen and oxygen atoms in total. The summed E-state index contributed by atoms with van der Waals surface area (Å²) in [6, 6.07) is 23.5. The van der Waals surface area contributed by atoms with Gasteiger partial charge in [-0.3, -0.25) is 14.9 Å². The molecule has 34 heavy (non-hydrogen) atoms. The number of carbonyl (C=O) groups excluding carboxylic acids is 2. The summed E-state index contributed by atoms with van der Waals surface area (Å²) in [5.74, 6) is 0.0946. The van der Waals surface area contributed by atoms with Crippen LogP contribution in [0.4, 0.5) is 10.8 Å². The van der Waals surface area contributed by atoms with Gasteiger partial charge in [-0.15, -0.1) is 11.3 Å². The summed E-state index contributed by atoms with van der Waals surface area (Å²) >= 11 is 1.32. The molecule has 2 N–H and O–H groups in total. The van der Waals surface area contributed by atoms with Crippen molar-refractivity contribution < 1.29 is 14.3 Å². The number of nitrogens with one attached hydrogen (secondary N) is 2. The number of carbonyl (C=O) groups is 2. The Morgan fingerprint density at radius 3 is 2.59 bits per heavy atom. The van der Waals surface area contributed by atoms with Crippen molar-refractivity contribution in [2.45, 2.75) is 13.5 Å². The maximum atomic E-state index is 12.8. The SMILES string of the molecule is CC(=O)Nc1ccc(-c2csc(NC(=O)c3cccc(OCc4ccccc4C#N)c3)n2)cc1. The van der Waals surface area contributed by atoms with E-state index in [9.17, 15) is 14.9 Å². The number of aromatic nitrogens is 1. The van der Waals surface area contributed by atoms with E-state index in [-0.39, 0.29) is 18.4 Å². The van der Waals surface area contributed by atoms with Crippen LogP contribution in [-0.4, -0.2) is 16.8 Å². The maximum Gasteiger partial charge on any atom is 0.257 e. The van der Waals surface area contributed by atoms with E-state index in [2.05, 4.69) is 21.7 Å². The van der Waals surface area contributed by atoms with Gasteiger partial charge in [0.2, 0.25) is 5.91 Å². The van der Waals surface area contributed by atoms with E-state index in [0.717, 1.165) is 16.8 Å². The molecule has 0 fully saturated rings. The average molecular weight is 469 g/mol. The van der Waals surface area contributed by atoms with Gasteiger partial charge < -0.3 is 10.1 Å². The molecule has 0 aliphatic carbocycles. The van der Waals surface area contributed by atoms with Gasteiger partial charge in [0, 0.05) is 34.7 Å². The number of benzene rings is 3. The van der Waals surface area contributed by atoms with Crippen LogP contribution >= 0.6 is 11.3 Å². The van der Waals surface area contributed by atoms with Crippen molar-refractivity contribution in [2.75, 3.05) is 10.6 Å². The van der Waals surface area contributed by atoms with Crippen molar-refractivity contribution >= 4 is 34.0 Å². The van der Waals surface area contributed by atoms with Gasteiger partial charge in [0.05, 0.1) is 17.3 Å². The first-order valence-corrected chi connectivity index (χ1v) is 11.3. The maximum absolute atomic E-state index is 12.8. The molecule has 8 heteroatoms. The lowest BCUT2D eigenvalue weighted by Crippen LogP contribution is -2.11. The van der Waals surface area contributed by atoms with Crippen molar-refractivity contribution in [1.29, 1.82) is 5.26 Å². The highest BCUT2D eigenvalue weighted by atomic mass is 32.1. The molecule has 0 atom stereocenters. The molecule has 3 aromatic carbocycles. The van der Waals surface area contributed by atoms with E-state index in [4.69, 9.17) is 4.74 Å². The van der Waals surface area contributed by atoms with Crippen LogP contribution in [0.15, 0.2) is 78.2 Å². The molecule has 4 aromatic rings. The Morgan fingerprint density at radius 2 is 1.82 bits per heavy atom. The number of anilines is 2. The molecule has 168 valence electrons. The largest absolute Gasteiger partial charge is 0.489 e.